The molecule has 6 nitrogen and oxygen atoms in total. The molecule has 3 aromatic rings. The number of nitrogens with one attached hydrogen (secondary N) is 1. The first kappa shape index (κ1) is 15.7. The molecule has 1 N–H and O–H groups in total. The lowest BCUT2D eigenvalue weighted by Crippen LogP contribution is -2.12. The Kier molecular flexibility index (Phi) is 4.55. The highest BCUT2D eigenvalue weighted by molar-refractivity contribution is 5.90. The highest BCUT2D eigenvalue weighted by atomic mass is 19.2. The van der Waals surface area contributed by atoms with Crippen LogP contribution < -0.4 is 5.32 Å². The third-order valence-electron chi connectivity index (χ3n) is 3.18. The van der Waals surface area contributed by atoms with Gasteiger partial charge in [-0.1, -0.05) is 5.16 Å². The SMILES string of the molecule is O=C(CCc1nc(-c2ccncc2)no1)Nc1ccc(F)c(F)c1. The standard InChI is InChI=1S/C16H12F2N4O2/c17-12-2-1-11(9-13(12)18)20-14(23)3-4-15-21-16(22-24-15)10-5-7-19-8-6-10/h1-2,5-9H,3-4H2,(H,20,23). The average Bonchev–Trinajstić information content (AvgIpc) is 3.06. The van der Waals surface area contributed by atoms with Crippen LogP contribution >= 0.6 is 0 Å². The zero-order valence-electron chi connectivity index (χ0n) is 12.4. The Morgan fingerprint density at radius 3 is 2.67 bits per heavy atom. The molecule has 0 saturated carbocycles. The van der Waals surface area contributed by atoms with Crippen LogP contribution in [0.15, 0.2) is 47.2 Å². The molecule has 0 unspecified atom stereocenters. The third-order valence-corrected chi connectivity index (χ3v) is 3.18. The van der Waals surface area contributed by atoms with Gasteiger partial charge in [-0.15, -0.1) is 0 Å². The topological polar surface area (TPSA) is 80.9 Å². The molecule has 0 saturated heterocycles. The van der Waals surface area contributed by atoms with Crippen molar-refractivity contribution in [2.24, 2.45) is 0 Å². The van der Waals surface area contributed by atoms with Gasteiger partial charge in [0.15, 0.2) is 11.6 Å². The number of aryl methyl sites for hydroxylation is 1. The number of hydrogen-bond donors (Lipinski definition) is 1. The van der Waals surface area contributed by atoms with E-state index in [4.69, 9.17) is 4.52 Å². The van der Waals surface area contributed by atoms with Crippen LogP contribution in [-0.2, 0) is 11.2 Å². The summed E-state index contributed by atoms with van der Waals surface area (Å²) < 4.78 is 31.0. The summed E-state index contributed by atoms with van der Waals surface area (Å²) in [5, 5.41) is 6.31. The molecule has 1 amide bonds. The Hall–Kier alpha value is -3.16. The Labute approximate surface area is 135 Å². The van der Waals surface area contributed by atoms with Crippen LogP contribution in [0.5, 0.6) is 0 Å². The number of pyridine rings is 1. The van der Waals surface area contributed by atoms with Gasteiger partial charge in [-0.2, -0.15) is 4.98 Å². The Balaban J connectivity index is 1.56. The van der Waals surface area contributed by atoms with Crippen molar-refractivity contribution in [3.05, 3.63) is 60.3 Å². The molecule has 0 atom stereocenters. The number of carbonyl (C=O) groups excluding carboxylic acids is 1. The number of halogens is 2. The van der Waals surface area contributed by atoms with Crippen molar-refractivity contribution in [1.29, 1.82) is 0 Å². The van der Waals surface area contributed by atoms with Crippen molar-refractivity contribution in [3.63, 3.8) is 0 Å². The molecule has 1 aromatic carbocycles. The molecule has 122 valence electrons. The number of carbonyl (C=O) groups is 1. The quantitative estimate of drug-likeness (QED) is 0.778. The summed E-state index contributed by atoms with van der Waals surface area (Å²) >= 11 is 0. The summed E-state index contributed by atoms with van der Waals surface area (Å²) in [4.78, 5) is 19.9. The molecule has 0 aliphatic heterocycles. The number of nitrogens with zero attached hydrogens (tertiary/aromatic N) is 3. The van der Waals surface area contributed by atoms with Gasteiger partial charge in [0.25, 0.3) is 0 Å². The summed E-state index contributed by atoms with van der Waals surface area (Å²) in [6.45, 7) is 0. The predicted octanol–water partition coefficient (Wildman–Crippen LogP) is 2.98. The maximum atomic E-state index is 13.1. The first-order valence-corrected chi connectivity index (χ1v) is 7.10. The summed E-state index contributed by atoms with van der Waals surface area (Å²) in [5.41, 5.74) is 0.938. The predicted molar refractivity (Wildman–Crippen MR) is 80.8 cm³/mol. The van der Waals surface area contributed by atoms with E-state index in [0.29, 0.717) is 11.7 Å². The van der Waals surface area contributed by atoms with Crippen LogP contribution in [0, 0.1) is 11.6 Å². The fourth-order valence-electron chi connectivity index (χ4n) is 1.99. The number of anilines is 1. The Morgan fingerprint density at radius 2 is 1.92 bits per heavy atom. The van der Waals surface area contributed by atoms with Crippen molar-refractivity contribution < 1.29 is 18.1 Å². The molecule has 2 heterocycles. The molecule has 24 heavy (non-hydrogen) atoms. The second-order valence-electron chi connectivity index (χ2n) is 4.92. The second kappa shape index (κ2) is 6.95. The van der Waals surface area contributed by atoms with E-state index >= 15 is 0 Å². The van der Waals surface area contributed by atoms with Gasteiger partial charge in [0, 0.05) is 42.6 Å². The molecule has 8 heteroatoms. The van der Waals surface area contributed by atoms with Crippen LogP contribution in [-0.4, -0.2) is 21.0 Å². The number of rotatable bonds is 5. The van der Waals surface area contributed by atoms with Crippen molar-refractivity contribution in [2.75, 3.05) is 5.32 Å². The van der Waals surface area contributed by atoms with Gasteiger partial charge in [-0.3, -0.25) is 9.78 Å². The van der Waals surface area contributed by atoms with Gasteiger partial charge < -0.3 is 9.84 Å². The van der Waals surface area contributed by atoms with Crippen molar-refractivity contribution >= 4 is 11.6 Å². The third kappa shape index (κ3) is 3.78. The van der Waals surface area contributed by atoms with Gasteiger partial charge in [-0.05, 0) is 24.3 Å². The molecular formula is C16H12F2N4O2. The minimum atomic E-state index is -1.02. The van der Waals surface area contributed by atoms with Crippen LogP contribution in [0.1, 0.15) is 12.3 Å². The van der Waals surface area contributed by atoms with Crippen molar-refractivity contribution in [2.45, 2.75) is 12.8 Å². The zero-order valence-corrected chi connectivity index (χ0v) is 12.4. The fourth-order valence-corrected chi connectivity index (χ4v) is 1.99. The molecule has 0 spiro atoms. The van der Waals surface area contributed by atoms with Crippen molar-refractivity contribution in [3.8, 4) is 11.4 Å². The monoisotopic (exact) mass is 330 g/mol. The van der Waals surface area contributed by atoms with E-state index in [1.165, 1.54) is 6.07 Å². The van der Waals surface area contributed by atoms with Gasteiger partial charge in [0.2, 0.25) is 17.6 Å². The summed E-state index contributed by atoms with van der Waals surface area (Å²) in [6, 6.07) is 6.63. The van der Waals surface area contributed by atoms with E-state index in [9.17, 15) is 13.6 Å². The highest BCUT2D eigenvalue weighted by Crippen LogP contribution is 2.16. The molecule has 2 aromatic heterocycles. The lowest BCUT2D eigenvalue weighted by Gasteiger charge is -2.04. The molecular weight excluding hydrogens is 318 g/mol. The van der Waals surface area contributed by atoms with E-state index in [2.05, 4.69) is 20.4 Å². The highest BCUT2D eigenvalue weighted by Gasteiger charge is 2.11. The normalized spacial score (nSPS) is 10.6. The largest absolute Gasteiger partial charge is 0.339 e. The molecule has 0 radical (unpaired) electrons. The number of hydrogen-bond acceptors (Lipinski definition) is 5. The van der Waals surface area contributed by atoms with Crippen LogP contribution in [0.4, 0.5) is 14.5 Å². The second-order valence-corrected chi connectivity index (χ2v) is 4.92. The Morgan fingerprint density at radius 1 is 1.12 bits per heavy atom. The minimum absolute atomic E-state index is 0.0664. The molecule has 0 aliphatic rings. The molecule has 0 aliphatic carbocycles. The fraction of sp³-hybridized carbons (Fsp3) is 0.125. The van der Waals surface area contributed by atoms with E-state index in [1.807, 2.05) is 0 Å². The number of amides is 1. The number of benzene rings is 1. The average molecular weight is 330 g/mol. The minimum Gasteiger partial charge on any atom is -0.339 e. The maximum Gasteiger partial charge on any atom is 0.227 e. The molecule has 3 rings (SSSR count). The Bertz CT molecular complexity index is 852. The van der Waals surface area contributed by atoms with Crippen molar-refractivity contribution in [1.82, 2.24) is 15.1 Å². The summed E-state index contributed by atoms with van der Waals surface area (Å²) in [6.07, 6.45) is 3.52. The molecule has 0 bridgehead atoms. The first-order valence-electron chi connectivity index (χ1n) is 7.10. The van der Waals surface area contributed by atoms with E-state index in [0.717, 1.165) is 17.7 Å². The van der Waals surface area contributed by atoms with Gasteiger partial charge in [0.05, 0.1) is 0 Å². The lowest BCUT2D eigenvalue weighted by atomic mass is 10.2. The summed E-state index contributed by atoms with van der Waals surface area (Å²) in [7, 11) is 0. The van der Waals surface area contributed by atoms with Crippen LogP contribution in [0.3, 0.4) is 0 Å². The lowest BCUT2D eigenvalue weighted by molar-refractivity contribution is -0.116. The smallest absolute Gasteiger partial charge is 0.227 e. The van der Waals surface area contributed by atoms with Gasteiger partial charge in [0.1, 0.15) is 0 Å². The van der Waals surface area contributed by atoms with Gasteiger partial charge in [-0.25, -0.2) is 8.78 Å². The first-order chi connectivity index (χ1) is 11.6. The van der Waals surface area contributed by atoms with Crippen LogP contribution in [0.25, 0.3) is 11.4 Å². The number of aromatic nitrogens is 3. The van der Waals surface area contributed by atoms with Gasteiger partial charge >= 0.3 is 0 Å². The van der Waals surface area contributed by atoms with Crippen LogP contribution in [0.2, 0.25) is 0 Å². The maximum absolute atomic E-state index is 13.1. The molecule has 0 fully saturated rings. The van der Waals surface area contributed by atoms with E-state index in [1.54, 1.807) is 24.5 Å². The van der Waals surface area contributed by atoms with E-state index < -0.39 is 11.6 Å². The zero-order chi connectivity index (χ0) is 16.9. The summed E-state index contributed by atoms with van der Waals surface area (Å²) in [5.74, 6) is -1.64. The van der Waals surface area contributed by atoms with E-state index in [-0.39, 0.29) is 24.4 Å².